The summed E-state index contributed by atoms with van der Waals surface area (Å²) in [6.45, 7) is 8.23. The van der Waals surface area contributed by atoms with Gasteiger partial charge in [0.15, 0.2) is 5.60 Å². The number of anilines is 1. The van der Waals surface area contributed by atoms with Crippen molar-refractivity contribution in [2.75, 3.05) is 18.4 Å². The van der Waals surface area contributed by atoms with E-state index in [1.165, 1.54) is 0 Å². The molecule has 2 aliphatic heterocycles. The molecule has 4 rings (SSSR count). The average Bonchev–Trinajstić information content (AvgIpc) is 2.68. The molecule has 0 aliphatic carbocycles. The number of carbonyl (C=O) groups is 2. The van der Waals surface area contributed by atoms with Crippen LogP contribution >= 0.6 is 0 Å². The van der Waals surface area contributed by atoms with Crippen molar-refractivity contribution in [3.8, 4) is 0 Å². The summed E-state index contributed by atoms with van der Waals surface area (Å²) in [5, 5.41) is 3.01. The van der Waals surface area contributed by atoms with E-state index in [4.69, 9.17) is 9.47 Å². The number of cyclic esters (lactones) is 1. The maximum atomic E-state index is 13.2. The minimum Gasteiger partial charge on any atom is -0.445 e. The van der Waals surface area contributed by atoms with Gasteiger partial charge >= 0.3 is 5.97 Å². The lowest BCUT2D eigenvalue weighted by Crippen LogP contribution is -2.49. The van der Waals surface area contributed by atoms with Crippen LogP contribution in [0.1, 0.15) is 42.3 Å². The van der Waals surface area contributed by atoms with E-state index in [1.54, 1.807) is 19.1 Å². The Bertz CT molecular complexity index is 950. The second-order valence-corrected chi connectivity index (χ2v) is 8.52. The van der Waals surface area contributed by atoms with Gasteiger partial charge in [0.2, 0.25) is 0 Å². The van der Waals surface area contributed by atoms with Crippen LogP contribution in [0.15, 0.2) is 48.5 Å². The lowest BCUT2D eigenvalue weighted by molar-refractivity contribution is -0.134. The number of amides is 1. The summed E-state index contributed by atoms with van der Waals surface area (Å²) in [4.78, 5) is 27.9. The summed E-state index contributed by atoms with van der Waals surface area (Å²) in [7, 11) is 0. The van der Waals surface area contributed by atoms with E-state index in [0.29, 0.717) is 18.5 Å². The van der Waals surface area contributed by atoms with E-state index in [1.807, 2.05) is 36.4 Å². The first-order chi connectivity index (χ1) is 14.3. The Kier molecular flexibility index (Phi) is 5.62. The Morgan fingerprint density at radius 3 is 2.53 bits per heavy atom. The Hall–Kier alpha value is -2.70. The largest absolute Gasteiger partial charge is 0.445 e. The highest BCUT2D eigenvalue weighted by Crippen LogP contribution is 2.30. The first kappa shape index (κ1) is 20.6. The van der Waals surface area contributed by atoms with Crippen molar-refractivity contribution in [3.05, 3.63) is 65.2 Å². The quantitative estimate of drug-likeness (QED) is 0.786. The Balaban J connectivity index is 1.51. The average molecular weight is 408 g/mol. The molecule has 6 heteroatoms. The number of carbonyl (C=O) groups excluding carboxylic acids is 2. The molecule has 3 atom stereocenters. The van der Waals surface area contributed by atoms with Gasteiger partial charge in [-0.25, -0.2) is 4.79 Å². The molecule has 2 aliphatic rings. The van der Waals surface area contributed by atoms with Gasteiger partial charge in [0.05, 0.1) is 17.8 Å². The second-order valence-electron chi connectivity index (χ2n) is 8.52. The van der Waals surface area contributed by atoms with Gasteiger partial charge in [-0.05, 0) is 44.0 Å². The number of hydrogen-bond acceptors (Lipinski definition) is 5. The predicted octanol–water partition coefficient (Wildman–Crippen LogP) is 3.41. The number of morpholine rings is 1. The third kappa shape index (κ3) is 4.25. The number of nitrogens with one attached hydrogen (secondary N) is 1. The number of nitrogens with zero attached hydrogens (tertiary/aromatic N) is 1. The minimum atomic E-state index is -1.25. The molecule has 3 unspecified atom stereocenters. The highest BCUT2D eigenvalue weighted by molar-refractivity contribution is 6.02. The van der Waals surface area contributed by atoms with Crippen molar-refractivity contribution in [2.45, 2.75) is 51.5 Å². The van der Waals surface area contributed by atoms with E-state index in [-0.39, 0.29) is 18.1 Å². The zero-order valence-corrected chi connectivity index (χ0v) is 17.7. The number of esters is 1. The minimum absolute atomic E-state index is 0.177. The summed E-state index contributed by atoms with van der Waals surface area (Å²) >= 11 is 0. The molecule has 30 heavy (non-hydrogen) atoms. The molecule has 0 aromatic heterocycles. The molecular weight excluding hydrogens is 380 g/mol. The van der Waals surface area contributed by atoms with Crippen molar-refractivity contribution in [3.63, 3.8) is 0 Å². The molecule has 2 heterocycles. The molecule has 0 bridgehead atoms. The van der Waals surface area contributed by atoms with Crippen LogP contribution in [0, 0.1) is 0 Å². The molecule has 1 N–H and O–H groups in total. The Labute approximate surface area is 177 Å². The van der Waals surface area contributed by atoms with E-state index < -0.39 is 11.6 Å². The summed E-state index contributed by atoms with van der Waals surface area (Å²) in [6.07, 6.45) is 0.703. The second kappa shape index (κ2) is 8.20. The van der Waals surface area contributed by atoms with Crippen LogP contribution in [0.2, 0.25) is 0 Å². The van der Waals surface area contributed by atoms with Gasteiger partial charge in [0, 0.05) is 31.7 Å². The number of rotatable bonds is 4. The van der Waals surface area contributed by atoms with Gasteiger partial charge in [0.25, 0.3) is 5.91 Å². The summed E-state index contributed by atoms with van der Waals surface area (Å²) in [6, 6.07) is 15.0. The lowest BCUT2D eigenvalue weighted by atomic mass is 9.89. The third-order valence-electron chi connectivity index (χ3n) is 5.72. The van der Waals surface area contributed by atoms with Crippen molar-refractivity contribution >= 4 is 17.6 Å². The maximum Gasteiger partial charge on any atom is 0.339 e. The molecule has 0 spiro atoms. The lowest BCUT2D eigenvalue weighted by Gasteiger charge is -2.36. The fourth-order valence-corrected chi connectivity index (χ4v) is 4.35. The fourth-order valence-electron chi connectivity index (χ4n) is 4.35. The van der Waals surface area contributed by atoms with Gasteiger partial charge in [-0.1, -0.05) is 36.4 Å². The van der Waals surface area contributed by atoms with Crippen LogP contribution in [0.4, 0.5) is 5.69 Å². The Morgan fingerprint density at radius 1 is 1.10 bits per heavy atom. The van der Waals surface area contributed by atoms with E-state index in [9.17, 15) is 9.59 Å². The normalized spacial score (nSPS) is 26.6. The van der Waals surface area contributed by atoms with Gasteiger partial charge in [-0.15, -0.1) is 0 Å². The van der Waals surface area contributed by atoms with Crippen LogP contribution in [0.25, 0.3) is 0 Å². The molecule has 1 fully saturated rings. The predicted molar refractivity (Wildman–Crippen MR) is 114 cm³/mol. The zero-order chi connectivity index (χ0) is 21.3. The van der Waals surface area contributed by atoms with Crippen LogP contribution in [-0.4, -0.2) is 47.7 Å². The van der Waals surface area contributed by atoms with E-state index >= 15 is 0 Å². The maximum absolute atomic E-state index is 13.2. The molecule has 0 saturated carbocycles. The van der Waals surface area contributed by atoms with Gasteiger partial charge < -0.3 is 14.8 Å². The summed E-state index contributed by atoms with van der Waals surface area (Å²) in [5.41, 5.74) is 1.87. The van der Waals surface area contributed by atoms with E-state index in [2.05, 4.69) is 24.1 Å². The monoisotopic (exact) mass is 408 g/mol. The molecule has 2 aromatic carbocycles. The van der Waals surface area contributed by atoms with Crippen molar-refractivity contribution in [1.82, 2.24) is 4.90 Å². The first-order valence-electron chi connectivity index (χ1n) is 10.4. The van der Waals surface area contributed by atoms with Crippen molar-refractivity contribution in [1.29, 1.82) is 0 Å². The number of para-hydroxylation sites is 1. The summed E-state index contributed by atoms with van der Waals surface area (Å²) < 4.78 is 11.4. The smallest absolute Gasteiger partial charge is 0.339 e. The zero-order valence-electron chi connectivity index (χ0n) is 17.7. The van der Waals surface area contributed by atoms with Crippen LogP contribution < -0.4 is 5.32 Å². The molecular formula is C24H28N2O4. The highest BCUT2D eigenvalue weighted by Gasteiger charge is 2.42. The van der Waals surface area contributed by atoms with Crippen molar-refractivity contribution in [2.24, 2.45) is 0 Å². The highest BCUT2D eigenvalue weighted by atomic mass is 16.6. The van der Waals surface area contributed by atoms with Gasteiger partial charge in [-0.2, -0.15) is 0 Å². The van der Waals surface area contributed by atoms with Crippen LogP contribution in [0.5, 0.6) is 0 Å². The number of fused-ring (bicyclic) bond motifs is 1. The first-order valence-corrected chi connectivity index (χ1v) is 10.4. The number of hydrogen-bond donors (Lipinski definition) is 1. The number of benzene rings is 2. The molecule has 1 amide bonds. The molecule has 1 saturated heterocycles. The number of ether oxygens (including phenoxy) is 2. The van der Waals surface area contributed by atoms with E-state index in [0.717, 1.165) is 29.9 Å². The molecule has 158 valence electrons. The standard InChI is InChI=1S/C24H28N2O4/c1-16-13-26(14-17(2)29-16)15-19-9-5-7-11-21(19)25-23(28)24(3)12-18-8-4-6-10-20(18)22(27)30-24/h4-11,16-17H,12-15H2,1-3H3,(H,25,28). The van der Waals surface area contributed by atoms with Gasteiger partial charge in [-0.3, -0.25) is 9.69 Å². The molecule has 0 radical (unpaired) electrons. The summed E-state index contributed by atoms with van der Waals surface area (Å²) in [5.74, 6) is -0.777. The SMILES string of the molecule is CC1CN(Cc2ccccc2NC(=O)C2(C)Cc3ccccc3C(=O)O2)CC(C)O1. The van der Waals surface area contributed by atoms with Crippen LogP contribution in [0.3, 0.4) is 0 Å². The molecule has 6 nitrogen and oxygen atoms in total. The van der Waals surface area contributed by atoms with Crippen molar-refractivity contribution < 1.29 is 19.1 Å². The van der Waals surface area contributed by atoms with Gasteiger partial charge in [0.1, 0.15) is 0 Å². The molecule has 2 aromatic rings. The Morgan fingerprint density at radius 2 is 1.77 bits per heavy atom. The topological polar surface area (TPSA) is 67.9 Å². The fraction of sp³-hybridized carbons (Fsp3) is 0.417. The third-order valence-corrected chi connectivity index (χ3v) is 5.72. The van der Waals surface area contributed by atoms with Crippen LogP contribution in [-0.2, 0) is 27.2 Å².